The van der Waals surface area contributed by atoms with E-state index in [1.54, 1.807) is 0 Å². The smallest absolute Gasteiger partial charge is 0.393 e. The number of benzene rings is 1. The molecule has 8 heteroatoms. The highest BCUT2D eigenvalue weighted by Gasteiger charge is 2.42. The van der Waals surface area contributed by atoms with Crippen LogP contribution in [-0.2, 0) is 4.79 Å². The van der Waals surface area contributed by atoms with Gasteiger partial charge in [-0.2, -0.15) is 18.4 Å². The first-order chi connectivity index (χ1) is 11.3. The number of nitriles is 1. The van der Waals surface area contributed by atoms with Gasteiger partial charge >= 0.3 is 6.18 Å². The van der Waals surface area contributed by atoms with Gasteiger partial charge in [-0.15, -0.1) is 0 Å². The number of alkyl halides is 3. The molecule has 1 aromatic carbocycles. The van der Waals surface area contributed by atoms with Crippen molar-refractivity contribution in [3.63, 3.8) is 0 Å². The zero-order valence-corrected chi connectivity index (χ0v) is 13.1. The molecule has 0 aromatic heterocycles. The van der Waals surface area contributed by atoms with Crippen LogP contribution in [0.3, 0.4) is 0 Å². The first-order valence-corrected chi connectivity index (χ1v) is 7.40. The van der Waals surface area contributed by atoms with Gasteiger partial charge in [0.05, 0.1) is 24.7 Å². The molecular weight excluding hydrogens is 325 g/mol. The topological polar surface area (TPSA) is 62.6 Å². The molecule has 1 aliphatic rings. The Morgan fingerprint density at radius 3 is 2.79 bits per heavy atom. The summed E-state index contributed by atoms with van der Waals surface area (Å²) in [5, 5.41) is 8.83. The monoisotopic (exact) mass is 342 g/mol. The molecule has 1 aromatic rings. The van der Waals surface area contributed by atoms with Gasteiger partial charge in [-0.1, -0.05) is 0 Å². The highest BCUT2D eigenvalue weighted by atomic mass is 19.4. The molecule has 1 atom stereocenters. The molecule has 5 nitrogen and oxygen atoms in total. The predicted molar refractivity (Wildman–Crippen MR) is 78.6 cm³/mol. The van der Waals surface area contributed by atoms with Crippen LogP contribution in [0, 0.1) is 17.2 Å². The maximum absolute atomic E-state index is 12.8. The summed E-state index contributed by atoms with van der Waals surface area (Å²) in [6.07, 6.45) is -3.94. The van der Waals surface area contributed by atoms with Crippen molar-refractivity contribution in [3.05, 3.63) is 23.8 Å². The maximum Gasteiger partial charge on any atom is 0.393 e. The molecule has 0 saturated carbocycles. The molecule has 24 heavy (non-hydrogen) atoms. The number of hydrogen-bond donors (Lipinski definition) is 0. The van der Waals surface area contributed by atoms with E-state index in [1.165, 1.54) is 30.2 Å². The summed E-state index contributed by atoms with van der Waals surface area (Å²) in [7, 11) is 1.39. The average Bonchev–Trinajstić information content (AvgIpc) is 2.58. The summed E-state index contributed by atoms with van der Waals surface area (Å²) in [5.41, 5.74) is 0.370. The normalized spacial score (nSPS) is 18.0. The number of nitrogens with zero attached hydrogens (tertiary/aromatic N) is 2. The van der Waals surface area contributed by atoms with E-state index >= 15 is 0 Å². The number of halogens is 3. The second-order valence-corrected chi connectivity index (χ2v) is 5.49. The van der Waals surface area contributed by atoms with Crippen LogP contribution in [0.15, 0.2) is 18.2 Å². The van der Waals surface area contributed by atoms with Gasteiger partial charge in [-0.3, -0.25) is 4.79 Å². The van der Waals surface area contributed by atoms with Crippen LogP contribution >= 0.6 is 0 Å². The van der Waals surface area contributed by atoms with Gasteiger partial charge in [0.1, 0.15) is 0 Å². The highest BCUT2D eigenvalue weighted by molar-refractivity contribution is 5.78. The predicted octanol–water partition coefficient (Wildman–Crippen LogP) is 2.75. The molecule has 1 amide bonds. The minimum Gasteiger partial charge on any atom is -0.493 e. The Balaban J connectivity index is 1.97. The molecule has 0 N–H and O–H groups in total. The zero-order chi connectivity index (χ0) is 17.7. The number of rotatable bonds is 4. The minimum absolute atomic E-state index is 0.0393. The van der Waals surface area contributed by atoms with Crippen molar-refractivity contribution in [2.75, 3.05) is 26.8 Å². The molecule has 0 aliphatic carbocycles. The lowest BCUT2D eigenvalue weighted by Gasteiger charge is -2.33. The highest BCUT2D eigenvalue weighted by Crippen LogP contribution is 2.33. The summed E-state index contributed by atoms with van der Waals surface area (Å²) in [6, 6.07) is 6.39. The van der Waals surface area contributed by atoms with Crippen LogP contribution in [0.5, 0.6) is 11.5 Å². The summed E-state index contributed by atoms with van der Waals surface area (Å²) < 4.78 is 48.8. The number of hydrogen-bond acceptors (Lipinski definition) is 4. The molecule has 1 aliphatic heterocycles. The second kappa shape index (κ2) is 7.43. The third-order valence-corrected chi connectivity index (χ3v) is 3.88. The number of likely N-dealkylation sites (tertiary alicyclic amines) is 1. The van der Waals surface area contributed by atoms with Crippen LogP contribution in [0.25, 0.3) is 0 Å². The number of carbonyl (C=O) groups excluding carboxylic acids is 1. The lowest BCUT2D eigenvalue weighted by atomic mass is 9.97. The Hall–Kier alpha value is -2.43. The third-order valence-electron chi connectivity index (χ3n) is 3.88. The van der Waals surface area contributed by atoms with E-state index < -0.39 is 18.0 Å². The quantitative estimate of drug-likeness (QED) is 0.844. The third kappa shape index (κ3) is 4.31. The number of methoxy groups -OCH3 is 1. The molecule has 1 fully saturated rings. The van der Waals surface area contributed by atoms with Crippen LogP contribution in [0.4, 0.5) is 13.2 Å². The van der Waals surface area contributed by atoms with Gasteiger partial charge in [0.2, 0.25) is 0 Å². The molecule has 0 unspecified atom stereocenters. The Kier molecular flexibility index (Phi) is 5.54. The molecular formula is C16H17F3N2O3. The van der Waals surface area contributed by atoms with Gasteiger partial charge in [-0.25, -0.2) is 0 Å². The Bertz CT molecular complexity index is 640. The Morgan fingerprint density at radius 1 is 1.42 bits per heavy atom. The van der Waals surface area contributed by atoms with Crippen molar-refractivity contribution < 1.29 is 27.4 Å². The average molecular weight is 342 g/mol. The molecule has 0 bridgehead atoms. The largest absolute Gasteiger partial charge is 0.493 e. The first-order valence-electron chi connectivity index (χ1n) is 7.40. The summed E-state index contributed by atoms with van der Waals surface area (Å²) >= 11 is 0. The SMILES string of the molecule is COc1cc(C#N)ccc1OCC(=O)N1CCC[C@@H](C(F)(F)F)C1. The lowest BCUT2D eigenvalue weighted by Crippen LogP contribution is -2.46. The number of carbonyl (C=O) groups is 1. The van der Waals surface area contributed by atoms with Crippen LogP contribution in [-0.4, -0.2) is 43.8 Å². The number of amides is 1. The van der Waals surface area contributed by atoms with Gasteiger partial charge in [-0.05, 0) is 25.0 Å². The zero-order valence-electron chi connectivity index (χ0n) is 13.1. The van der Waals surface area contributed by atoms with E-state index in [4.69, 9.17) is 14.7 Å². The summed E-state index contributed by atoms with van der Waals surface area (Å²) in [5.74, 6) is -1.45. The molecule has 1 saturated heterocycles. The summed E-state index contributed by atoms with van der Waals surface area (Å²) in [4.78, 5) is 13.3. The van der Waals surface area contributed by atoms with E-state index in [0.717, 1.165) is 0 Å². The van der Waals surface area contributed by atoms with Crippen LogP contribution < -0.4 is 9.47 Å². The number of piperidine rings is 1. The lowest BCUT2D eigenvalue weighted by molar-refractivity contribution is -0.188. The first kappa shape index (κ1) is 17.9. The summed E-state index contributed by atoms with van der Waals surface area (Å²) in [6.45, 7) is -0.428. The standard InChI is InChI=1S/C16H17F3N2O3/c1-23-14-7-11(8-20)4-5-13(14)24-10-15(22)21-6-2-3-12(9-21)16(17,18)19/h4-5,7,12H,2-3,6,9-10H2,1H3/t12-/m1/s1. The minimum atomic E-state index is -4.30. The molecule has 130 valence electrons. The van der Waals surface area contributed by atoms with Gasteiger partial charge in [0, 0.05) is 19.2 Å². The van der Waals surface area contributed by atoms with Gasteiger partial charge in [0.25, 0.3) is 5.91 Å². The fraction of sp³-hybridized carbons (Fsp3) is 0.500. The Labute approximate surface area is 137 Å². The van der Waals surface area contributed by atoms with E-state index in [9.17, 15) is 18.0 Å². The fourth-order valence-electron chi connectivity index (χ4n) is 2.56. The van der Waals surface area contributed by atoms with Crippen LogP contribution in [0.1, 0.15) is 18.4 Å². The molecule has 1 heterocycles. The Morgan fingerprint density at radius 2 is 2.17 bits per heavy atom. The van der Waals surface area contributed by atoms with Crippen LogP contribution in [0.2, 0.25) is 0 Å². The van der Waals surface area contributed by atoms with E-state index in [0.29, 0.717) is 18.5 Å². The van der Waals surface area contributed by atoms with Crippen molar-refractivity contribution in [1.82, 2.24) is 4.90 Å². The molecule has 2 rings (SSSR count). The van der Waals surface area contributed by atoms with E-state index in [-0.39, 0.29) is 31.1 Å². The van der Waals surface area contributed by atoms with E-state index in [1.807, 2.05) is 6.07 Å². The van der Waals surface area contributed by atoms with E-state index in [2.05, 4.69) is 0 Å². The van der Waals surface area contributed by atoms with Crippen molar-refractivity contribution >= 4 is 5.91 Å². The number of ether oxygens (including phenoxy) is 2. The fourth-order valence-corrected chi connectivity index (χ4v) is 2.56. The van der Waals surface area contributed by atoms with Gasteiger partial charge < -0.3 is 14.4 Å². The van der Waals surface area contributed by atoms with Crippen molar-refractivity contribution in [1.29, 1.82) is 5.26 Å². The molecule has 0 spiro atoms. The van der Waals surface area contributed by atoms with Gasteiger partial charge in [0.15, 0.2) is 18.1 Å². The van der Waals surface area contributed by atoms with Crippen molar-refractivity contribution in [2.45, 2.75) is 19.0 Å². The van der Waals surface area contributed by atoms with Crippen molar-refractivity contribution in [2.24, 2.45) is 5.92 Å². The maximum atomic E-state index is 12.8. The van der Waals surface area contributed by atoms with Crippen molar-refractivity contribution in [3.8, 4) is 17.6 Å². The molecule has 0 radical (unpaired) electrons. The second-order valence-electron chi connectivity index (χ2n) is 5.49.